The monoisotopic (exact) mass is 703 g/mol. The molecule has 0 heterocycles. The van der Waals surface area contributed by atoms with Gasteiger partial charge in [-0.1, -0.05) is 103 Å². The number of hydrogen-bond acceptors (Lipinski definition) is 11. The summed E-state index contributed by atoms with van der Waals surface area (Å²) in [5.74, 6) is -6.05. The Morgan fingerprint density at radius 1 is 0.766 bits per heavy atom. The standard InChI is InChI=1S/C33H63F2O11P/c1-3-5-6-7-8-9-10-11-12-13-14-15-16-17-18-21-24-42-27-30(28-45-47(40,41)44-26-29(37)25-36)46-31(38)22-19-20-23-33(34,35)32(39)43-4-2/h29-30,36-37H,3-28H2,1-2H3,(H,40,41)/p-1/t29-,30+/m0/s1. The number of esters is 2. The van der Waals surface area contributed by atoms with Gasteiger partial charge in [0.25, 0.3) is 7.82 Å². The third-order valence-electron chi connectivity index (χ3n) is 7.49. The predicted octanol–water partition coefficient (Wildman–Crippen LogP) is 6.79. The van der Waals surface area contributed by atoms with Crippen molar-refractivity contribution < 1.29 is 61.3 Å². The van der Waals surface area contributed by atoms with Gasteiger partial charge in [-0.15, -0.1) is 0 Å². The lowest BCUT2D eigenvalue weighted by atomic mass is 10.0. The topological polar surface area (TPSA) is 161 Å². The van der Waals surface area contributed by atoms with Gasteiger partial charge in [-0.25, -0.2) is 4.79 Å². The van der Waals surface area contributed by atoms with Crippen molar-refractivity contribution in [2.45, 2.75) is 160 Å². The number of rotatable bonds is 34. The van der Waals surface area contributed by atoms with E-state index >= 15 is 0 Å². The minimum Gasteiger partial charge on any atom is -0.756 e. The first-order valence-electron chi connectivity index (χ1n) is 17.7. The van der Waals surface area contributed by atoms with Gasteiger partial charge in [0.05, 0.1) is 33.0 Å². The molecule has 0 saturated carbocycles. The van der Waals surface area contributed by atoms with Gasteiger partial charge in [0.2, 0.25) is 0 Å². The number of aliphatic hydroxyl groups is 2. The zero-order valence-electron chi connectivity index (χ0n) is 28.8. The smallest absolute Gasteiger partial charge is 0.376 e. The van der Waals surface area contributed by atoms with Crippen LogP contribution in [0.4, 0.5) is 8.78 Å². The van der Waals surface area contributed by atoms with Crippen LogP contribution in [0, 0.1) is 0 Å². The second-order valence-corrected chi connectivity index (χ2v) is 13.4. The molecule has 0 aromatic carbocycles. The summed E-state index contributed by atoms with van der Waals surface area (Å²) in [6.45, 7) is 1.65. The van der Waals surface area contributed by atoms with Crippen molar-refractivity contribution in [3.05, 3.63) is 0 Å². The first kappa shape index (κ1) is 45.8. The zero-order valence-corrected chi connectivity index (χ0v) is 29.7. The van der Waals surface area contributed by atoms with Crippen LogP contribution >= 0.6 is 7.82 Å². The van der Waals surface area contributed by atoms with Crippen molar-refractivity contribution in [2.75, 3.05) is 39.6 Å². The molecule has 0 rings (SSSR count). The Kier molecular flexibility index (Phi) is 28.9. The number of unbranched alkanes of at least 4 members (excludes halogenated alkanes) is 16. The second-order valence-electron chi connectivity index (χ2n) is 12.0. The highest BCUT2D eigenvalue weighted by molar-refractivity contribution is 7.45. The van der Waals surface area contributed by atoms with Crippen molar-refractivity contribution in [2.24, 2.45) is 0 Å². The molecule has 0 aliphatic rings. The van der Waals surface area contributed by atoms with Gasteiger partial charge in [0.1, 0.15) is 12.2 Å². The van der Waals surface area contributed by atoms with Crippen molar-refractivity contribution in [1.29, 1.82) is 0 Å². The summed E-state index contributed by atoms with van der Waals surface area (Å²) >= 11 is 0. The van der Waals surface area contributed by atoms with E-state index in [1.807, 2.05) is 0 Å². The van der Waals surface area contributed by atoms with Crippen LogP contribution in [0.2, 0.25) is 0 Å². The number of phosphoric ester groups is 1. The van der Waals surface area contributed by atoms with Gasteiger partial charge in [0, 0.05) is 19.4 Å². The number of carbonyl (C=O) groups is 2. The van der Waals surface area contributed by atoms with Crippen LogP contribution in [0.5, 0.6) is 0 Å². The molecule has 2 N–H and O–H groups in total. The lowest BCUT2D eigenvalue weighted by Crippen LogP contribution is -2.31. The number of aliphatic hydroxyl groups excluding tert-OH is 2. The molecule has 0 saturated heterocycles. The van der Waals surface area contributed by atoms with E-state index in [2.05, 4.69) is 16.2 Å². The van der Waals surface area contributed by atoms with E-state index < -0.39 is 64.1 Å². The van der Waals surface area contributed by atoms with Gasteiger partial charge in [-0.2, -0.15) is 8.78 Å². The molecule has 3 atom stereocenters. The maximum atomic E-state index is 13.8. The SMILES string of the molecule is CCCCCCCCCCCCCCCCCCOC[C@H](COP(=O)([O-])OC[C@@H](O)CO)OC(=O)CCCCC(F)(F)C(=O)OCC. The first-order chi connectivity index (χ1) is 22.5. The Morgan fingerprint density at radius 3 is 1.79 bits per heavy atom. The van der Waals surface area contributed by atoms with Crippen molar-refractivity contribution in [1.82, 2.24) is 0 Å². The fourth-order valence-corrected chi connectivity index (χ4v) is 5.50. The summed E-state index contributed by atoms with van der Waals surface area (Å²) in [5.41, 5.74) is 0. The van der Waals surface area contributed by atoms with Crippen molar-refractivity contribution >= 4 is 19.8 Å². The quantitative estimate of drug-likeness (QED) is 0.0413. The zero-order chi connectivity index (χ0) is 35.2. The molecule has 0 aromatic rings. The number of ether oxygens (including phenoxy) is 3. The van der Waals surface area contributed by atoms with E-state index in [-0.39, 0.29) is 32.5 Å². The minimum atomic E-state index is -4.89. The lowest BCUT2D eigenvalue weighted by Gasteiger charge is -2.26. The second kappa shape index (κ2) is 29.7. The minimum absolute atomic E-state index is 0.00364. The van der Waals surface area contributed by atoms with Crippen LogP contribution in [0.25, 0.3) is 0 Å². The molecule has 0 fully saturated rings. The van der Waals surface area contributed by atoms with E-state index in [9.17, 15) is 32.9 Å². The molecule has 47 heavy (non-hydrogen) atoms. The fourth-order valence-electron chi connectivity index (χ4n) is 4.72. The molecule has 1 unspecified atom stereocenters. The maximum absolute atomic E-state index is 13.8. The summed E-state index contributed by atoms with van der Waals surface area (Å²) in [7, 11) is -4.89. The molecular weight excluding hydrogens is 641 g/mol. The third kappa shape index (κ3) is 28.3. The lowest BCUT2D eigenvalue weighted by molar-refractivity contribution is -0.230. The molecule has 0 aromatic heterocycles. The Hall–Kier alpha value is -1.21. The van der Waals surface area contributed by atoms with Crippen LogP contribution in [0.1, 0.15) is 142 Å². The number of carbonyl (C=O) groups excluding carboxylic acids is 2. The molecule has 11 nitrogen and oxygen atoms in total. The average Bonchev–Trinajstić information content (AvgIpc) is 3.04. The van der Waals surface area contributed by atoms with Crippen LogP contribution in [0.15, 0.2) is 0 Å². The third-order valence-corrected chi connectivity index (χ3v) is 8.42. The van der Waals surface area contributed by atoms with Gasteiger partial charge in [-0.05, 0) is 26.2 Å². The molecule has 0 amide bonds. The maximum Gasteiger partial charge on any atom is 0.376 e. The van der Waals surface area contributed by atoms with E-state index in [0.717, 1.165) is 25.7 Å². The largest absolute Gasteiger partial charge is 0.756 e. The average molecular weight is 704 g/mol. The molecule has 14 heteroatoms. The first-order valence-corrected chi connectivity index (χ1v) is 19.1. The van der Waals surface area contributed by atoms with Crippen molar-refractivity contribution in [3.63, 3.8) is 0 Å². The number of alkyl halides is 2. The van der Waals surface area contributed by atoms with Crippen LogP contribution in [-0.2, 0) is 37.4 Å². The van der Waals surface area contributed by atoms with Crippen LogP contribution in [-0.4, -0.2) is 79.9 Å². The summed E-state index contributed by atoms with van der Waals surface area (Å²) < 4.78 is 64.0. The summed E-state index contributed by atoms with van der Waals surface area (Å²) in [6, 6.07) is 0. The molecule has 0 bridgehead atoms. The molecule has 0 radical (unpaired) electrons. The number of hydrogen-bond donors (Lipinski definition) is 2. The number of phosphoric acid groups is 1. The van der Waals surface area contributed by atoms with E-state index in [4.69, 9.17) is 19.1 Å². The van der Waals surface area contributed by atoms with Crippen LogP contribution < -0.4 is 4.89 Å². The summed E-state index contributed by atoms with van der Waals surface area (Å²) in [5, 5.41) is 18.1. The highest BCUT2D eigenvalue weighted by Crippen LogP contribution is 2.38. The normalized spacial score (nSPS) is 14.4. The Bertz CT molecular complexity index is 819. The summed E-state index contributed by atoms with van der Waals surface area (Å²) in [6.07, 6.45) is 16.1. The van der Waals surface area contributed by atoms with Gasteiger partial charge in [0.15, 0.2) is 0 Å². The Balaban J connectivity index is 4.32. The molecule has 280 valence electrons. The molecule has 0 aliphatic heterocycles. The van der Waals surface area contributed by atoms with Crippen LogP contribution in [0.3, 0.4) is 0 Å². The van der Waals surface area contributed by atoms with Gasteiger partial charge in [-0.3, -0.25) is 9.36 Å². The highest BCUT2D eigenvalue weighted by Gasteiger charge is 2.39. The highest BCUT2D eigenvalue weighted by atomic mass is 31.2. The predicted molar refractivity (Wildman–Crippen MR) is 173 cm³/mol. The van der Waals surface area contributed by atoms with E-state index in [0.29, 0.717) is 6.61 Å². The van der Waals surface area contributed by atoms with Gasteiger partial charge >= 0.3 is 17.9 Å². The fraction of sp³-hybridized carbons (Fsp3) is 0.939. The van der Waals surface area contributed by atoms with Gasteiger partial charge < -0.3 is 38.4 Å². The Labute approximate surface area is 281 Å². The number of halogens is 2. The Morgan fingerprint density at radius 2 is 1.28 bits per heavy atom. The summed E-state index contributed by atoms with van der Waals surface area (Å²) in [4.78, 5) is 35.6. The van der Waals surface area contributed by atoms with Crippen molar-refractivity contribution in [3.8, 4) is 0 Å². The molecule has 0 spiro atoms. The van der Waals surface area contributed by atoms with E-state index in [1.165, 1.54) is 84.0 Å². The van der Waals surface area contributed by atoms with E-state index in [1.54, 1.807) is 0 Å². The molecular formula is C33H62F2O11P-. The molecule has 0 aliphatic carbocycles.